The molecule has 3 nitrogen and oxygen atoms in total. The van der Waals surface area contributed by atoms with E-state index in [4.69, 9.17) is 9.47 Å². The van der Waals surface area contributed by atoms with E-state index >= 15 is 0 Å². The Morgan fingerprint density at radius 1 is 1.03 bits per heavy atom. The first kappa shape index (κ1) is 20.2. The number of aliphatic hydroxyl groups is 1. The molecule has 0 aromatic carbocycles. The van der Waals surface area contributed by atoms with E-state index in [0.717, 1.165) is 37.7 Å². The molecular weight excluding hydrogens is 372 g/mol. The molecule has 3 heteroatoms. The molecule has 1 N–H and O–H groups in total. The smallest absolute Gasteiger partial charge is 0.171 e. The third kappa shape index (κ3) is 2.55. The molecule has 0 amide bonds. The van der Waals surface area contributed by atoms with E-state index in [0.29, 0.717) is 40.6 Å². The monoisotopic (exact) mass is 414 g/mol. The van der Waals surface area contributed by atoms with Crippen molar-refractivity contribution in [1.82, 2.24) is 0 Å². The largest absolute Gasteiger partial charge is 0.393 e. The maximum Gasteiger partial charge on any atom is 0.171 e. The van der Waals surface area contributed by atoms with Crippen molar-refractivity contribution in [3.8, 4) is 0 Å². The van der Waals surface area contributed by atoms with Crippen molar-refractivity contribution in [2.45, 2.75) is 103 Å². The van der Waals surface area contributed by atoms with Crippen LogP contribution in [0, 0.1) is 46.3 Å². The van der Waals surface area contributed by atoms with Crippen LogP contribution >= 0.6 is 0 Å². The van der Waals surface area contributed by atoms with Gasteiger partial charge in [-0.1, -0.05) is 39.3 Å². The molecule has 0 radical (unpaired) electrons. The molecule has 5 fully saturated rings. The van der Waals surface area contributed by atoms with Crippen molar-refractivity contribution in [3.05, 3.63) is 11.6 Å². The minimum atomic E-state index is -0.303. The Balaban J connectivity index is 1.30. The highest BCUT2D eigenvalue weighted by atomic mass is 16.7. The molecule has 3 saturated carbocycles. The Morgan fingerprint density at radius 2 is 1.87 bits per heavy atom. The van der Waals surface area contributed by atoms with Gasteiger partial charge in [-0.05, 0) is 91.8 Å². The first-order valence-electron chi connectivity index (χ1n) is 13.0. The van der Waals surface area contributed by atoms with Crippen LogP contribution in [0.2, 0.25) is 0 Å². The number of hydrogen-bond donors (Lipinski definition) is 1. The highest BCUT2D eigenvalue weighted by Crippen LogP contribution is 2.69. The van der Waals surface area contributed by atoms with E-state index in [-0.39, 0.29) is 11.9 Å². The van der Waals surface area contributed by atoms with Crippen LogP contribution in [-0.4, -0.2) is 29.7 Å². The first-order chi connectivity index (χ1) is 14.3. The highest BCUT2D eigenvalue weighted by molar-refractivity contribution is 5.30. The summed E-state index contributed by atoms with van der Waals surface area (Å²) in [5.41, 5.74) is 2.46. The molecule has 0 aromatic heterocycles. The Kier molecular flexibility index (Phi) is 4.44. The van der Waals surface area contributed by atoms with Crippen LogP contribution in [0.1, 0.15) is 85.5 Å². The lowest BCUT2D eigenvalue weighted by molar-refractivity contribution is -0.272. The van der Waals surface area contributed by atoms with Crippen molar-refractivity contribution in [3.63, 3.8) is 0 Å². The summed E-state index contributed by atoms with van der Waals surface area (Å²) in [6, 6.07) is 0. The Hall–Kier alpha value is -0.380. The molecule has 168 valence electrons. The van der Waals surface area contributed by atoms with Crippen molar-refractivity contribution in [1.29, 1.82) is 0 Å². The predicted octanol–water partition coefficient (Wildman–Crippen LogP) is 5.71. The van der Waals surface area contributed by atoms with Gasteiger partial charge in [0, 0.05) is 12.3 Å². The van der Waals surface area contributed by atoms with E-state index in [9.17, 15) is 5.11 Å². The zero-order valence-electron chi connectivity index (χ0n) is 19.5. The summed E-state index contributed by atoms with van der Waals surface area (Å²) in [6.45, 7) is 10.7. The van der Waals surface area contributed by atoms with Gasteiger partial charge in [0.15, 0.2) is 5.79 Å². The van der Waals surface area contributed by atoms with Crippen LogP contribution in [0.3, 0.4) is 0 Å². The van der Waals surface area contributed by atoms with E-state index in [1.54, 1.807) is 5.57 Å². The summed E-state index contributed by atoms with van der Waals surface area (Å²) in [5, 5.41) is 10.3. The lowest BCUT2D eigenvalue weighted by atomic mass is 9.48. The zero-order chi connectivity index (χ0) is 20.9. The second kappa shape index (κ2) is 6.58. The fraction of sp³-hybridized carbons (Fsp3) is 0.926. The fourth-order valence-corrected chi connectivity index (χ4v) is 9.52. The standard InChI is InChI=1S/C27H42O3/c1-16-7-12-27(29-15-16)17(2)24-23(30-27)14-22-20-6-5-18-13-19(28)8-10-25(18,3)21(20)9-11-26(22,24)4/h9,16-20,22-24,28H,5-8,10-15H2,1-4H3/t16?,17-,18-,19-,20+,22-,23?,24?,25-,26-,27-/m0/s1. The molecule has 0 bridgehead atoms. The van der Waals surface area contributed by atoms with Gasteiger partial charge in [0.25, 0.3) is 0 Å². The van der Waals surface area contributed by atoms with Crippen LogP contribution in [0.5, 0.6) is 0 Å². The summed E-state index contributed by atoms with van der Waals surface area (Å²) in [7, 11) is 0. The highest BCUT2D eigenvalue weighted by Gasteiger charge is 2.67. The first-order valence-corrected chi connectivity index (χ1v) is 13.0. The minimum Gasteiger partial charge on any atom is -0.393 e. The normalized spacial score (nSPS) is 59.8. The van der Waals surface area contributed by atoms with Gasteiger partial charge in [0.1, 0.15) is 0 Å². The summed E-state index contributed by atoms with van der Waals surface area (Å²) in [4.78, 5) is 0. The van der Waals surface area contributed by atoms with Crippen molar-refractivity contribution in [2.24, 2.45) is 46.3 Å². The van der Waals surface area contributed by atoms with Gasteiger partial charge in [-0.15, -0.1) is 0 Å². The molecule has 6 rings (SSSR count). The average molecular weight is 415 g/mol. The Bertz CT molecular complexity index is 736. The van der Waals surface area contributed by atoms with E-state index in [2.05, 4.69) is 33.8 Å². The molecule has 0 aromatic rings. The van der Waals surface area contributed by atoms with E-state index < -0.39 is 0 Å². The van der Waals surface area contributed by atoms with Crippen LogP contribution in [0.25, 0.3) is 0 Å². The molecule has 2 saturated heterocycles. The molecule has 2 heterocycles. The Labute approximate surface area is 183 Å². The van der Waals surface area contributed by atoms with Crippen molar-refractivity contribution in [2.75, 3.05) is 6.61 Å². The molecule has 2 aliphatic heterocycles. The summed E-state index contributed by atoms with van der Waals surface area (Å²) >= 11 is 0. The lowest BCUT2D eigenvalue weighted by Crippen LogP contribution is -2.50. The van der Waals surface area contributed by atoms with Gasteiger partial charge >= 0.3 is 0 Å². The molecular formula is C27H42O3. The van der Waals surface area contributed by atoms with Crippen LogP contribution in [-0.2, 0) is 9.47 Å². The number of allylic oxidation sites excluding steroid dienone is 2. The van der Waals surface area contributed by atoms with Gasteiger partial charge in [-0.25, -0.2) is 0 Å². The lowest BCUT2D eigenvalue weighted by Gasteiger charge is -2.57. The zero-order valence-corrected chi connectivity index (χ0v) is 19.5. The Morgan fingerprint density at radius 3 is 2.63 bits per heavy atom. The molecule has 30 heavy (non-hydrogen) atoms. The van der Waals surface area contributed by atoms with Gasteiger partial charge in [-0.2, -0.15) is 0 Å². The average Bonchev–Trinajstić information content (AvgIpc) is 3.16. The number of hydrogen-bond acceptors (Lipinski definition) is 3. The maximum atomic E-state index is 10.3. The second-order valence-corrected chi connectivity index (χ2v) is 12.7. The van der Waals surface area contributed by atoms with Crippen LogP contribution < -0.4 is 0 Å². The summed E-state index contributed by atoms with van der Waals surface area (Å²) < 4.78 is 13.3. The van der Waals surface area contributed by atoms with E-state index in [1.165, 1.54) is 38.5 Å². The quantitative estimate of drug-likeness (QED) is 0.516. The molecule has 1 spiro atoms. The topological polar surface area (TPSA) is 38.7 Å². The molecule has 4 aliphatic carbocycles. The molecule has 11 atom stereocenters. The van der Waals surface area contributed by atoms with Gasteiger partial charge in [0.05, 0.1) is 18.8 Å². The summed E-state index contributed by atoms with van der Waals surface area (Å²) in [6.07, 6.45) is 13.6. The van der Waals surface area contributed by atoms with Gasteiger partial charge < -0.3 is 14.6 Å². The maximum absolute atomic E-state index is 10.3. The number of rotatable bonds is 0. The third-order valence-corrected chi connectivity index (χ3v) is 11.3. The van der Waals surface area contributed by atoms with Crippen molar-refractivity contribution >= 4 is 0 Å². The number of aliphatic hydroxyl groups excluding tert-OH is 1. The number of ether oxygens (including phenoxy) is 2. The van der Waals surface area contributed by atoms with Crippen molar-refractivity contribution < 1.29 is 14.6 Å². The third-order valence-electron chi connectivity index (χ3n) is 11.3. The number of fused-ring (bicyclic) bond motifs is 7. The molecule has 6 aliphatic rings. The predicted molar refractivity (Wildman–Crippen MR) is 118 cm³/mol. The minimum absolute atomic E-state index is 0.0661. The van der Waals surface area contributed by atoms with Crippen LogP contribution in [0.15, 0.2) is 11.6 Å². The SMILES string of the molecule is CC1CC[C@]2(OC1)OC1C[C@H]3[C@@H]4CC[C@H]5C[C@@H](O)CC[C@]5(C)C4=CC[C@]3(C)C1[C@@H]2C. The van der Waals surface area contributed by atoms with Gasteiger partial charge in [-0.3, -0.25) is 0 Å². The van der Waals surface area contributed by atoms with Crippen LogP contribution in [0.4, 0.5) is 0 Å². The van der Waals surface area contributed by atoms with Gasteiger partial charge in [0.2, 0.25) is 0 Å². The fourth-order valence-electron chi connectivity index (χ4n) is 9.52. The summed E-state index contributed by atoms with van der Waals surface area (Å²) in [5.74, 6) is 3.68. The second-order valence-electron chi connectivity index (χ2n) is 12.7. The van der Waals surface area contributed by atoms with E-state index in [1.807, 2.05) is 0 Å². The molecule has 3 unspecified atom stereocenters.